The maximum atomic E-state index is 13.6. The van der Waals surface area contributed by atoms with Crippen LogP contribution in [-0.4, -0.2) is 41.9 Å². The fourth-order valence-corrected chi connectivity index (χ4v) is 6.19. The molecule has 7 nitrogen and oxygen atoms in total. The van der Waals surface area contributed by atoms with Crippen LogP contribution < -0.4 is 5.32 Å². The summed E-state index contributed by atoms with van der Waals surface area (Å²) < 4.78 is 54.1. The number of aryl methyl sites for hydroxylation is 1. The van der Waals surface area contributed by atoms with Gasteiger partial charge in [-0.05, 0) is 55.7 Å². The zero-order chi connectivity index (χ0) is 22.9. The van der Waals surface area contributed by atoms with Gasteiger partial charge in [0.25, 0.3) is 5.91 Å². The Morgan fingerprint density at radius 3 is 2.53 bits per heavy atom. The Labute approximate surface area is 188 Å². The lowest BCUT2D eigenvalue weighted by atomic mass is 9.99. The second-order valence-corrected chi connectivity index (χ2v) is 10.4. The van der Waals surface area contributed by atoms with Crippen molar-refractivity contribution in [2.24, 2.45) is 0 Å². The van der Waals surface area contributed by atoms with Crippen LogP contribution in [0.25, 0.3) is 0 Å². The molecule has 4 rings (SSSR count). The first kappa shape index (κ1) is 22.4. The molecule has 1 aliphatic rings. The third-order valence-corrected chi connectivity index (χ3v) is 8.41. The molecule has 0 atom stereocenters. The first-order chi connectivity index (χ1) is 15.2. The highest BCUT2D eigenvalue weighted by Crippen LogP contribution is 2.33. The number of hydrogen-bond donors (Lipinski definition) is 1. The molecular weight excluding hydrogens is 458 g/mol. The van der Waals surface area contributed by atoms with Crippen LogP contribution in [-0.2, 0) is 10.0 Å². The van der Waals surface area contributed by atoms with Gasteiger partial charge in [-0.3, -0.25) is 4.79 Å². The van der Waals surface area contributed by atoms with Gasteiger partial charge in [-0.25, -0.2) is 17.2 Å². The van der Waals surface area contributed by atoms with E-state index in [0.717, 1.165) is 17.4 Å². The molecule has 1 aromatic heterocycles. The van der Waals surface area contributed by atoms with Gasteiger partial charge >= 0.3 is 0 Å². The summed E-state index contributed by atoms with van der Waals surface area (Å²) in [7, 11) is -3.80. The number of piperidine rings is 1. The van der Waals surface area contributed by atoms with Crippen LogP contribution in [0.3, 0.4) is 0 Å². The topological polar surface area (TPSA) is 92.3 Å². The molecule has 0 unspecified atom stereocenters. The van der Waals surface area contributed by atoms with Crippen LogP contribution in [0.15, 0.2) is 47.4 Å². The van der Waals surface area contributed by atoms with Crippen molar-refractivity contribution in [3.8, 4) is 0 Å². The van der Waals surface area contributed by atoms with E-state index in [-0.39, 0.29) is 28.9 Å². The number of carbonyl (C=O) groups is 1. The zero-order valence-electron chi connectivity index (χ0n) is 17.1. The van der Waals surface area contributed by atoms with E-state index in [9.17, 15) is 22.0 Å². The number of amides is 1. The Balaban J connectivity index is 1.41. The number of nitrogens with one attached hydrogen (secondary N) is 1. The Morgan fingerprint density at radius 2 is 1.81 bits per heavy atom. The number of halogens is 2. The normalized spacial score (nSPS) is 15.6. The van der Waals surface area contributed by atoms with Gasteiger partial charge in [0.2, 0.25) is 15.0 Å². The second kappa shape index (κ2) is 9.00. The molecule has 0 spiro atoms. The molecule has 168 valence electrons. The van der Waals surface area contributed by atoms with E-state index in [1.54, 1.807) is 13.0 Å². The smallest absolute Gasteiger partial charge is 0.286 e. The van der Waals surface area contributed by atoms with Gasteiger partial charge in [-0.1, -0.05) is 23.5 Å². The maximum absolute atomic E-state index is 13.6. The maximum Gasteiger partial charge on any atom is 0.286 e. The SMILES string of the molecule is Cc1ccc(F)cc1S(=O)(=O)N1CCC(c2nnc(C(=O)Nc3cccc(F)c3)s2)CC1. The summed E-state index contributed by atoms with van der Waals surface area (Å²) in [4.78, 5) is 12.4. The fraction of sp³-hybridized carbons (Fsp3) is 0.286. The van der Waals surface area contributed by atoms with Crippen LogP contribution in [0.1, 0.15) is 39.1 Å². The lowest BCUT2D eigenvalue weighted by Gasteiger charge is -2.30. The molecule has 1 N–H and O–H groups in total. The van der Waals surface area contributed by atoms with Crippen LogP contribution in [0.4, 0.5) is 14.5 Å². The number of rotatable bonds is 5. The minimum Gasteiger partial charge on any atom is -0.320 e. The number of anilines is 1. The summed E-state index contributed by atoms with van der Waals surface area (Å²) in [6, 6.07) is 9.27. The molecule has 1 saturated heterocycles. The fourth-order valence-electron chi connectivity index (χ4n) is 3.58. The Morgan fingerprint density at radius 1 is 1.09 bits per heavy atom. The Hall–Kier alpha value is -2.76. The molecule has 0 radical (unpaired) electrons. The number of benzene rings is 2. The van der Waals surface area contributed by atoms with Crippen LogP contribution >= 0.6 is 11.3 Å². The van der Waals surface area contributed by atoms with E-state index >= 15 is 0 Å². The van der Waals surface area contributed by atoms with Crippen LogP contribution in [0, 0.1) is 18.6 Å². The third-order valence-electron chi connectivity index (χ3n) is 5.29. The van der Waals surface area contributed by atoms with Gasteiger partial charge in [-0.2, -0.15) is 4.31 Å². The van der Waals surface area contributed by atoms with Gasteiger partial charge in [0.15, 0.2) is 0 Å². The van der Waals surface area contributed by atoms with Crippen molar-refractivity contribution in [3.05, 3.63) is 69.7 Å². The second-order valence-electron chi connectivity index (χ2n) is 7.50. The first-order valence-electron chi connectivity index (χ1n) is 9.90. The largest absolute Gasteiger partial charge is 0.320 e. The van der Waals surface area contributed by atoms with Gasteiger partial charge in [-0.15, -0.1) is 10.2 Å². The summed E-state index contributed by atoms with van der Waals surface area (Å²) in [5, 5.41) is 11.4. The molecule has 32 heavy (non-hydrogen) atoms. The van der Waals surface area contributed by atoms with E-state index in [4.69, 9.17) is 0 Å². The third kappa shape index (κ3) is 4.69. The average molecular weight is 479 g/mol. The van der Waals surface area contributed by atoms with Crippen molar-refractivity contribution < 1.29 is 22.0 Å². The van der Waals surface area contributed by atoms with E-state index < -0.39 is 27.6 Å². The van der Waals surface area contributed by atoms with E-state index in [1.807, 2.05) is 0 Å². The molecule has 1 fully saturated rings. The van der Waals surface area contributed by atoms with E-state index in [1.165, 1.54) is 34.6 Å². The van der Waals surface area contributed by atoms with Crippen molar-refractivity contribution in [3.63, 3.8) is 0 Å². The number of carbonyl (C=O) groups excluding carboxylic acids is 1. The lowest BCUT2D eigenvalue weighted by molar-refractivity contribution is 0.102. The molecule has 11 heteroatoms. The summed E-state index contributed by atoms with van der Waals surface area (Å²) in [5.41, 5.74) is 0.810. The van der Waals surface area contributed by atoms with Crippen molar-refractivity contribution >= 4 is 33.0 Å². The number of hydrogen-bond acceptors (Lipinski definition) is 6. The van der Waals surface area contributed by atoms with Gasteiger partial charge in [0.05, 0.1) is 4.90 Å². The summed E-state index contributed by atoms with van der Waals surface area (Å²) in [6.07, 6.45) is 1.02. The summed E-state index contributed by atoms with van der Waals surface area (Å²) in [6.45, 7) is 2.15. The highest BCUT2D eigenvalue weighted by Gasteiger charge is 2.32. The number of aromatic nitrogens is 2. The predicted octanol–water partition coefficient (Wildman–Crippen LogP) is 3.95. The van der Waals surface area contributed by atoms with Crippen LogP contribution in [0.2, 0.25) is 0 Å². The quantitative estimate of drug-likeness (QED) is 0.600. The Bertz CT molecular complexity index is 1260. The van der Waals surface area contributed by atoms with Crippen molar-refractivity contribution in [1.82, 2.24) is 14.5 Å². The zero-order valence-corrected chi connectivity index (χ0v) is 18.7. The van der Waals surface area contributed by atoms with Crippen molar-refractivity contribution in [1.29, 1.82) is 0 Å². The first-order valence-corrected chi connectivity index (χ1v) is 12.2. The minimum absolute atomic E-state index is 0.0248. The molecule has 2 aromatic carbocycles. The number of nitrogens with zero attached hydrogens (tertiary/aromatic N) is 3. The Kier molecular flexibility index (Phi) is 6.31. The molecule has 2 heterocycles. The van der Waals surface area contributed by atoms with Crippen molar-refractivity contribution in [2.75, 3.05) is 18.4 Å². The summed E-state index contributed by atoms with van der Waals surface area (Å²) in [5.74, 6) is -1.58. The molecule has 0 aliphatic carbocycles. The molecule has 1 aliphatic heterocycles. The van der Waals surface area contributed by atoms with E-state index in [2.05, 4.69) is 15.5 Å². The standard InChI is InChI=1S/C21H20F2N4O3S2/c1-13-5-6-16(23)12-18(13)32(29,30)27-9-7-14(8-10-27)20-25-26-21(31-20)19(28)24-17-4-2-3-15(22)11-17/h2-6,11-12,14H,7-10H2,1H3,(H,24,28). The molecule has 3 aromatic rings. The van der Waals surface area contributed by atoms with Gasteiger partial charge in [0.1, 0.15) is 16.6 Å². The lowest BCUT2D eigenvalue weighted by Crippen LogP contribution is -2.38. The van der Waals surface area contributed by atoms with Gasteiger partial charge in [0, 0.05) is 24.7 Å². The van der Waals surface area contributed by atoms with Crippen LogP contribution in [0.5, 0.6) is 0 Å². The highest BCUT2D eigenvalue weighted by molar-refractivity contribution is 7.89. The van der Waals surface area contributed by atoms with Crippen molar-refractivity contribution in [2.45, 2.75) is 30.6 Å². The molecular formula is C21H20F2N4O3S2. The average Bonchev–Trinajstić information content (AvgIpc) is 3.26. The van der Waals surface area contributed by atoms with E-state index in [0.29, 0.717) is 29.1 Å². The number of sulfonamides is 1. The molecule has 1 amide bonds. The monoisotopic (exact) mass is 478 g/mol. The highest BCUT2D eigenvalue weighted by atomic mass is 32.2. The molecule has 0 saturated carbocycles. The minimum atomic E-state index is -3.80. The molecule has 0 bridgehead atoms. The van der Waals surface area contributed by atoms with Gasteiger partial charge < -0.3 is 5.32 Å². The predicted molar refractivity (Wildman–Crippen MR) is 116 cm³/mol. The summed E-state index contributed by atoms with van der Waals surface area (Å²) >= 11 is 1.13.